The number of amidine groups is 1. The van der Waals surface area contributed by atoms with E-state index in [0.29, 0.717) is 10.8 Å². The van der Waals surface area contributed by atoms with Gasteiger partial charge >= 0.3 is 0 Å². The number of thioether (sulfide) groups is 2. The molecule has 2 fully saturated rings. The minimum Gasteiger partial charge on any atom is -0.362 e. The summed E-state index contributed by atoms with van der Waals surface area (Å²) in [7, 11) is 0. The Labute approximate surface area is 101 Å². The molecule has 1 N–H and O–H groups in total. The van der Waals surface area contributed by atoms with Crippen molar-refractivity contribution in [3.05, 3.63) is 0 Å². The van der Waals surface area contributed by atoms with Crippen LogP contribution in [0.2, 0.25) is 0 Å². The number of hydrogen-bond donors (Lipinski definition) is 1. The first-order valence-corrected chi connectivity index (χ1v) is 7.73. The Balaban J connectivity index is 1.87. The molecule has 0 aliphatic carbocycles. The second-order valence-electron chi connectivity index (χ2n) is 4.71. The molecule has 0 aromatic rings. The second kappa shape index (κ2) is 5.00. The third-order valence-corrected chi connectivity index (χ3v) is 5.50. The summed E-state index contributed by atoms with van der Waals surface area (Å²) >= 11 is 3.97. The zero-order valence-corrected chi connectivity index (χ0v) is 11.2. The van der Waals surface area contributed by atoms with Crippen LogP contribution in [0.15, 0.2) is 4.99 Å². The molecule has 2 aliphatic heterocycles. The van der Waals surface area contributed by atoms with Gasteiger partial charge in [-0.15, -0.1) is 0 Å². The van der Waals surface area contributed by atoms with Crippen molar-refractivity contribution in [2.24, 2.45) is 4.99 Å². The molecule has 2 atom stereocenters. The van der Waals surface area contributed by atoms with E-state index >= 15 is 0 Å². The van der Waals surface area contributed by atoms with Crippen LogP contribution >= 0.6 is 23.5 Å². The molecule has 0 radical (unpaired) electrons. The normalized spacial score (nSPS) is 39.3. The van der Waals surface area contributed by atoms with Crippen molar-refractivity contribution in [1.82, 2.24) is 5.32 Å². The van der Waals surface area contributed by atoms with Crippen LogP contribution in [0.3, 0.4) is 0 Å². The van der Waals surface area contributed by atoms with Crippen molar-refractivity contribution in [2.75, 3.05) is 18.1 Å². The van der Waals surface area contributed by atoms with Crippen LogP contribution in [0, 0.1) is 0 Å². The van der Waals surface area contributed by atoms with Crippen molar-refractivity contribution >= 4 is 28.7 Å². The highest BCUT2D eigenvalue weighted by Gasteiger charge is 2.29. The highest BCUT2D eigenvalue weighted by atomic mass is 32.2. The molecule has 15 heavy (non-hydrogen) atoms. The molecule has 0 amide bonds. The third-order valence-electron chi connectivity index (χ3n) is 3.02. The first-order chi connectivity index (χ1) is 7.18. The zero-order chi connectivity index (χ0) is 10.7. The van der Waals surface area contributed by atoms with Gasteiger partial charge in [-0.25, -0.2) is 0 Å². The molecule has 2 unspecified atom stereocenters. The lowest BCUT2D eigenvalue weighted by Gasteiger charge is -2.24. The number of nitrogens with zero attached hydrogens (tertiary/aromatic N) is 1. The van der Waals surface area contributed by atoms with Crippen LogP contribution in [0.5, 0.6) is 0 Å². The van der Waals surface area contributed by atoms with Crippen molar-refractivity contribution in [1.29, 1.82) is 0 Å². The first-order valence-electron chi connectivity index (χ1n) is 5.76. The minimum absolute atomic E-state index is 0.413. The Hall–Kier alpha value is 0.170. The van der Waals surface area contributed by atoms with Gasteiger partial charge in [0.15, 0.2) is 5.17 Å². The largest absolute Gasteiger partial charge is 0.362 e. The maximum atomic E-state index is 4.74. The zero-order valence-electron chi connectivity index (χ0n) is 9.58. The van der Waals surface area contributed by atoms with Crippen LogP contribution in [-0.4, -0.2) is 34.0 Å². The Morgan fingerprint density at radius 2 is 2.40 bits per heavy atom. The number of aliphatic imine (C=N–C) groups is 1. The quantitative estimate of drug-likeness (QED) is 0.808. The third kappa shape index (κ3) is 3.31. The Morgan fingerprint density at radius 3 is 3.07 bits per heavy atom. The van der Waals surface area contributed by atoms with Gasteiger partial charge in [-0.05, 0) is 38.9 Å². The van der Waals surface area contributed by atoms with Crippen LogP contribution < -0.4 is 5.32 Å². The predicted molar refractivity (Wildman–Crippen MR) is 72.1 cm³/mol. The van der Waals surface area contributed by atoms with Crippen molar-refractivity contribution in [3.63, 3.8) is 0 Å². The molecule has 0 aromatic heterocycles. The second-order valence-corrected chi connectivity index (χ2v) is 7.47. The highest BCUT2D eigenvalue weighted by Crippen LogP contribution is 2.38. The molecule has 0 aromatic carbocycles. The lowest BCUT2D eigenvalue weighted by atomic mass is 10.1. The topological polar surface area (TPSA) is 24.4 Å². The summed E-state index contributed by atoms with van der Waals surface area (Å²) in [5, 5.41) is 4.63. The molecule has 2 saturated heterocycles. The van der Waals surface area contributed by atoms with Gasteiger partial charge in [-0.3, -0.25) is 4.99 Å². The van der Waals surface area contributed by atoms with Crippen LogP contribution in [0.25, 0.3) is 0 Å². The highest BCUT2D eigenvalue weighted by molar-refractivity contribution is 8.13. The van der Waals surface area contributed by atoms with E-state index in [1.54, 1.807) is 0 Å². The van der Waals surface area contributed by atoms with E-state index in [4.69, 9.17) is 4.99 Å². The standard InChI is InChI=1S/C11H20N2S2/c1-9-4-7-14-10(13-9)12-8-11(2)5-3-6-15-11/h9H,3-8H2,1-2H3,(H,12,13). The van der Waals surface area contributed by atoms with E-state index < -0.39 is 0 Å². The van der Waals surface area contributed by atoms with Gasteiger partial charge in [-0.2, -0.15) is 11.8 Å². The summed E-state index contributed by atoms with van der Waals surface area (Å²) in [6.07, 6.45) is 3.95. The van der Waals surface area contributed by atoms with Gasteiger partial charge in [0.2, 0.25) is 0 Å². The van der Waals surface area contributed by atoms with E-state index in [2.05, 4.69) is 30.9 Å². The summed E-state index contributed by atoms with van der Waals surface area (Å²) in [5.74, 6) is 2.54. The van der Waals surface area contributed by atoms with Gasteiger partial charge in [0, 0.05) is 16.5 Å². The van der Waals surface area contributed by atoms with Crippen LogP contribution in [0.4, 0.5) is 0 Å². The fourth-order valence-electron chi connectivity index (χ4n) is 1.95. The van der Waals surface area contributed by atoms with Gasteiger partial charge in [-0.1, -0.05) is 11.8 Å². The van der Waals surface area contributed by atoms with Gasteiger partial charge in [0.05, 0.1) is 6.54 Å². The minimum atomic E-state index is 0.413. The average Bonchev–Trinajstić information content (AvgIpc) is 2.63. The van der Waals surface area contributed by atoms with Gasteiger partial charge < -0.3 is 5.32 Å². The van der Waals surface area contributed by atoms with Gasteiger partial charge in [0.25, 0.3) is 0 Å². The molecule has 2 aliphatic rings. The predicted octanol–water partition coefficient (Wildman–Crippen LogP) is 2.74. The molecule has 0 bridgehead atoms. The van der Waals surface area contributed by atoms with E-state index in [9.17, 15) is 0 Å². The molecular weight excluding hydrogens is 224 g/mol. The molecule has 2 rings (SSSR count). The monoisotopic (exact) mass is 244 g/mol. The smallest absolute Gasteiger partial charge is 0.156 e. The molecule has 4 heteroatoms. The van der Waals surface area contributed by atoms with Crippen molar-refractivity contribution < 1.29 is 0 Å². The molecule has 0 saturated carbocycles. The Morgan fingerprint density at radius 1 is 1.53 bits per heavy atom. The van der Waals surface area contributed by atoms with E-state index in [1.165, 1.54) is 35.9 Å². The lowest BCUT2D eigenvalue weighted by Crippen LogP contribution is -2.36. The maximum absolute atomic E-state index is 4.74. The van der Waals surface area contributed by atoms with E-state index in [0.717, 1.165) is 6.54 Å². The van der Waals surface area contributed by atoms with Crippen molar-refractivity contribution in [3.8, 4) is 0 Å². The van der Waals surface area contributed by atoms with E-state index in [1.807, 2.05) is 11.8 Å². The number of rotatable bonds is 2. The molecule has 2 heterocycles. The lowest BCUT2D eigenvalue weighted by molar-refractivity contribution is 0.609. The van der Waals surface area contributed by atoms with Gasteiger partial charge in [0.1, 0.15) is 0 Å². The number of nitrogens with one attached hydrogen (secondary N) is 1. The molecule has 86 valence electrons. The fraction of sp³-hybridized carbons (Fsp3) is 0.909. The summed E-state index contributed by atoms with van der Waals surface area (Å²) in [6, 6.07) is 0.606. The molecule has 0 spiro atoms. The Bertz CT molecular complexity index is 247. The van der Waals surface area contributed by atoms with Crippen molar-refractivity contribution in [2.45, 2.75) is 43.9 Å². The van der Waals surface area contributed by atoms with Crippen LogP contribution in [-0.2, 0) is 0 Å². The fourth-order valence-corrected chi connectivity index (χ4v) is 4.28. The Kier molecular flexibility index (Phi) is 3.88. The summed E-state index contributed by atoms with van der Waals surface area (Å²) in [4.78, 5) is 4.74. The van der Waals surface area contributed by atoms with Crippen LogP contribution in [0.1, 0.15) is 33.1 Å². The summed E-state index contributed by atoms with van der Waals surface area (Å²) in [6.45, 7) is 5.58. The first kappa shape index (κ1) is 11.6. The maximum Gasteiger partial charge on any atom is 0.156 e. The summed E-state index contributed by atoms with van der Waals surface area (Å²) < 4.78 is 0.413. The average molecular weight is 244 g/mol. The summed E-state index contributed by atoms with van der Waals surface area (Å²) in [5.41, 5.74) is 0. The molecular formula is C11H20N2S2. The number of hydrogen-bond acceptors (Lipinski definition) is 3. The molecule has 2 nitrogen and oxygen atoms in total. The van der Waals surface area contributed by atoms with E-state index in [-0.39, 0.29) is 0 Å². The SMILES string of the molecule is CC1CCSC(=NCC2(C)CCCS2)N1.